The molecule has 0 aliphatic heterocycles. The van der Waals surface area contributed by atoms with Gasteiger partial charge in [-0.25, -0.2) is 4.39 Å². The summed E-state index contributed by atoms with van der Waals surface area (Å²) in [6, 6.07) is 4.97. The van der Waals surface area contributed by atoms with Crippen LogP contribution in [0.5, 0.6) is 0 Å². The van der Waals surface area contributed by atoms with E-state index in [4.69, 9.17) is 0 Å². The van der Waals surface area contributed by atoms with Gasteiger partial charge in [-0.1, -0.05) is 28.4 Å². The molecular formula is C13H19BrFN. The number of benzene rings is 1. The lowest BCUT2D eigenvalue weighted by Gasteiger charge is -2.07. The fourth-order valence-corrected chi connectivity index (χ4v) is 2.00. The van der Waals surface area contributed by atoms with Gasteiger partial charge in [-0.15, -0.1) is 0 Å². The Balaban J connectivity index is 2.21. The lowest BCUT2D eigenvalue weighted by molar-refractivity contribution is 0.610. The Hall–Kier alpha value is -0.410. The minimum atomic E-state index is -0.154. The molecule has 16 heavy (non-hydrogen) atoms. The molecule has 0 unspecified atom stereocenters. The van der Waals surface area contributed by atoms with Gasteiger partial charge in [0.1, 0.15) is 5.82 Å². The Morgan fingerprint density at radius 1 is 1.25 bits per heavy atom. The molecule has 0 aromatic heterocycles. The fraction of sp³-hybridized carbons (Fsp3) is 0.538. The van der Waals surface area contributed by atoms with Gasteiger partial charge in [0.05, 0.1) is 0 Å². The molecule has 1 aromatic carbocycles. The molecule has 0 fully saturated rings. The van der Waals surface area contributed by atoms with Crippen LogP contribution in [-0.2, 0) is 6.54 Å². The summed E-state index contributed by atoms with van der Waals surface area (Å²) in [5, 5.41) is 4.47. The van der Waals surface area contributed by atoms with E-state index in [1.165, 1.54) is 30.9 Å². The molecule has 3 heteroatoms. The highest BCUT2D eigenvalue weighted by Crippen LogP contribution is 2.09. The molecule has 0 aliphatic carbocycles. The van der Waals surface area contributed by atoms with E-state index >= 15 is 0 Å². The number of alkyl halides is 1. The largest absolute Gasteiger partial charge is 0.313 e. The Labute approximate surface area is 106 Å². The zero-order valence-electron chi connectivity index (χ0n) is 9.73. The van der Waals surface area contributed by atoms with Gasteiger partial charge in [0, 0.05) is 11.9 Å². The van der Waals surface area contributed by atoms with Crippen molar-refractivity contribution < 1.29 is 4.39 Å². The van der Waals surface area contributed by atoms with Crippen molar-refractivity contribution in [3.05, 3.63) is 35.1 Å². The number of hydrogen-bond donors (Lipinski definition) is 1. The van der Waals surface area contributed by atoms with Crippen LogP contribution in [0.25, 0.3) is 0 Å². The summed E-state index contributed by atoms with van der Waals surface area (Å²) in [5.74, 6) is -0.154. The highest BCUT2D eigenvalue weighted by Gasteiger charge is 1.99. The van der Waals surface area contributed by atoms with Gasteiger partial charge >= 0.3 is 0 Å². The molecule has 1 nitrogen and oxygen atoms in total. The molecule has 0 radical (unpaired) electrons. The van der Waals surface area contributed by atoms with Crippen LogP contribution in [0.4, 0.5) is 4.39 Å². The zero-order chi connectivity index (χ0) is 11.8. The molecule has 0 bridgehead atoms. The highest BCUT2D eigenvalue weighted by molar-refractivity contribution is 9.09. The smallest absolute Gasteiger partial charge is 0.123 e. The Morgan fingerprint density at radius 3 is 2.75 bits per heavy atom. The number of rotatable bonds is 7. The van der Waals surface area contributed by atoms with Crippen molar-refractivity contribution in [3.8, 4) is 0 Å². The van der Waals surface area contributed by atoms with Crippen LogP contribution in [0.3, 0.4) is 0 Å². The molecule has 0 amide bonds. The topological polar surface area (TPSA) is 12.0 Å². The molecule has 0 aliphatic rings. The lowest BCUT2D eigenvalue weighted by Crippen LogP contribution is -2.15. The molecule has 0 saturated heterocycles. The molecule has 0 saturated carbocycles. The average Bonchev–Trinajstić information content (AvgIpc) is 2.26. The number of aryl methyl sites for hydroxylation is 1. The predicted molar refractivity (Wildman–Crippen MR) is 70.5 cm³/mol. The van der Waals surface area contributed by atoms with E-state index in [-0.39, 0.29) is 5.82 Å². The third kappa shape index (κ3) is 5.08. The quantitative estimate of drug-likeness (QED) is 0.594. The molecule has 1 N–H and O–H groups in total. The van der Waals surface area contributed by atoms with Gasteiger partial charge < -0.3 is 5.32 Å². The second-order valence-corrected chi connectivity index (χ2v) is 4.79. The highest BCUT2D eigenvalue weighted by atomic mass is 79.9. The summed E-state index contributed by atoms with van der Waals surface area (Å²) in [7, 11) is 0. The summed E-state index contributed by atoms with van der Waals surface area (Å²) >= 11 is 3.42. The van der Waals surface area contributed by atoms with Gasteiger partial charge in [0.25, 0.3) is 0 Å². The Kier molecular flexibility index (Phi) is 6.65. The second-order valence-electron chi connectivity index (χ2n) is 4.00. The Bertz CT molecular complexity index is 315. The van der Waals surface area contributed by atoms with E-state index in [0.29, 0.717) is 0 Å². The third-order valence-corrected chi connectivity index (χ3v) is 3.17. The van der Waals surface area contributed by atoms with Crippen LogP contribution < -0.4 is 5.32 Å². The normalized spacial score (nSPS) is 10.7. The fourth-order valence-electron chi connectivity index (χ4n) is 1.60. The van der Waals surface area contributed by atoms with Crippen LogP contribution >= 0.6 is 15.9 Å². The van der Waals surface area contributed by atoms with Crippen molar-refractivity contribution in [3.63, 3.8) is 0 Å². The molecule has 0 spiro atoms. The molecule has 0 atom stereocenters. The predicted octanol–water partition coefficient (Wildman–Crippen LogP) is 3.79. The first kappa shape index (κ1) is 13.7. The average molecular weight is 288 g/mol. The van der Waals surface area contributed by atoms with Crippen molar-refractivity contribution in [1.29, 1.82) is 0 Å². The summed E-state index contributed by atoms with van der Waals surface area (Å²) in [6.45, 7) is 3.81. The van der Waals surface area contributed by atoms with E-state index in [9.17, 15) is 4.39 Å². The molecule has 0 heterocycles. The number of nitrogens with one attached hydrogen (secondary N) is 1. The number of hydrogen-bond acceptors (Lipinski definition) is 1. The van der Waals surface area contributed by atoms with Gasteiger partial charge in [-0.3, -0.25) is 0 Å². The minimum Gasteiger partial charge on any atom is -0.313 e. The Morgan fingerprint density at radius 2 is 2.06 bits per heavy atom. The third-order valence-electron chi connectivity index (χ3n) is 2.61. The first-order valence-corrected chi connectivity index (χ1v) is 6.88. The number of halogens is 2. The first-order chi connectivity index (χ1) is 7.74. The van der Waals surface area contributed by atoms with Crippen molar-refractivity contribution in [2.45, 2.75) is 32.7 Å². The van der Waals surface area contributed by atoms with E-state index in [1.807, 2.05) is 13.0 Å². The van der Waals surface area contributed by atoms with Crippen LogP contribution in [-0.4, -0.2) is 11.9 Å². The monoisotopic (exact) mass is 287 g/mol. The van der Waals surface area contributed by atoms with E-state index < -0.39 is 0 Å². The maximum Gasteiger partial charge on any atom is 0.123 e. The molecule has 1 rings (SSSR count). The standard InChI is InChI=1S/C13H19BrFN/c1-11-9-13(15)6-5-12(11)10-16-8-4-2-3-7-14/h5-6,9,16H,2-4,7-8,10H2,1H3. The summed E-state index contributed by atoms with van der Waals surface area (Å²) in [6.07, 6.45) is 3.68. The van der Waals surface area contributed by atoms with Gasteiger partial charge in [-0.05, 0) is 49.6 Å². The second kappa shape index (κ2) is 7.80. The van der Waals surface area contributed by atoms with E-state index in [1.54, 1.807) is 6.07 Å². The van der Waals surface area contributed by atoms with Crippen molar-refractivity contribution in [2.75, 3.05) is 11.9 Å². The maximum atomic E-state index is 12.9. The van der Waals surface area contributed by atoms with Gasteiger partial charge in [0.2, 0.25) is 0 Å². The van der Waals surface area contributed by atoms with Crippen LogP contribution in [0.15, 0.2) is 18.2 Å². The van der Waals surface area contributed by atoms with Gasteiger partial charge in [0.15, 0.2) is 0 Å². The van der Waals surface area contributed by atoms with Crippen molar-refractivity contribution >= 4 is 15.9 Å². The first-order valence-electron chi connectivity index (χ1n) is 5.75. The van der Waals surface area contributed by atoms with Crippen LogP contribution in [0.2, 0.25) is 0 Å². The lowest BCUT2D eigenvalue weighted by atomic mass is 10.1. The molecule has 1 aromatic rings. The van der Waals surface area contributed by atoms with Crippen LogP contribution in [0.1, 0.15) is 30.4 Å². The van der Waals surface area contributed by atoms with E-state index in [0.717, 1.165) is 24.0 Å². The number of unbranched alkanes of at least 4 members (excludes halogenated alkanes) is 2. The summed E-state index contributed by atoms with van der Waals surface area (Å²) < 4.78 is 12.9. The van der Waals surface area contributed by atoms with Crippen LogP contribution in [0, 0.1) is 12.7 Å². The van der Waals surface area contributed by atoms with Gasteiger partial charge in [-0.2, -0.15) is 0 Å². The molecule has 90 valence electrons. The zero-order valence-corrected chi connectivity index (χ0v) is 11.3. The van der Waals surface area contributed by atoms with E-state index in [2.05, 4.69) is 21.2 Å². The SMILES string of the molecule is Cc1cc(F)ccc1CNCCCCCBr. The summed E-state index contributed by atoms with van der Waals surface area (Å²) in [5.41, 5.74) is 2.20. The molecular weight excluding hydrogens is 269 g/mol. The van der Waals surface area contributed by atoms with Crippen molar-refractivity contribution in [2.24, 2.45) is 0 Å². The summed E-state index contributed by atoms with van der Waals surface area (Å²) in [4.78, 5) is 0. The minimum absolute atomic E-state index is 0.154. The van der Waals surface area contributed by atoms with Crippen molar-refractivity contribution in [1.82, 2.24) is 5.32 Å². The maximum absolute atomic E-state index is 12.9.